The van der Waals surface area contributed by atoms with Gasteiger partial charge in [0.2, 0.25) is 0 Å². The average molecular weight is 1790 g/mol. The van der Waals surface area contributed by atoms with Gasteiger partial charge in [-0.1, -0.05) is 360 Å². The fraction of sp³-hybridized carbons (Fsp3) is 0.0800. The van der Waals surface area contributed by atoms with Crippen LogP contribution in [-0.4, -0.2) is 33.3 Å². The first-order valence-electron chi connectivity index (χ1n) is 37.7. The van der Waals surface area contributed by atoms with E-state index in [-0.39, 0.29) is 16.3 Å². The zero-order chi connectivity index (χ0) is 77.9. The third-order valence-electron chi connectivity index (χ3n) is 22.3. The maximum Gasteiger partial charge on any atom is 0.534 e. The van der Waals surface area contributed by atoms with Gasteiger partial charge in [-0.2, -0.15) is 0 Å². The van der Waals surface area contributed by atoms with E-state index in [9.17, 15) is 4.79 Å². The predicted octanol–water partition coefficient (Wildman–Crippen LogP) is 27.5. The summed E-state index contributed by atoms with van der Waals surface area (Å²) in [6.07, 6.45) is 0. The summed E-state index contributed by atoms with van der Waals surface area (Å²) in [5.41, 5.74) is 19.8. The van der Waals surface area contributed by atoms with Crippen molar-refractivity contribution in [1.29, 1.82) is 0 Å². The molecule has 0 amide bonds. The Morgan fingerprint density at radius 1 is 0.307 bits per heavy atom. The summed E-state index contributed by atoms with van der Waals surface area (Å²) in [6, 6.07) is 123. The Labute approximate surface area is 709 Å². The van der Waals surface area contributed by atoms with Gasteiger partial charge in [0.1, 0.15) is 0 Å². The van der Waals surface area contributed by atoms with Gasteiger partial charge in [0.15, 0.2) is 22.8 Å². The van der Waals surface area contributed by atoms with Gasteiger partial charge in [-0.25, -0.2) is 15.0 Å². The van der Waals surface area contributed by atoms with Gasteiger partial charge in [0.05, 0.1) is 22.0 Å². The van der Waals surface area contributed by atoms with Crippen LogP contribution in [0.5, 0.6) is 0 Å². The highest BCUT2D eigenvalue weighted by atomic mass is 79.9. The van der Waals surface area contributed by atoms with Crippen LogP contribution in [0.25, 0.3) is 87.1 Å². The standard InChI is InChI=1S/C25H24BN3O2.2C25H15BrS.C13H8OS.C12H8Br2/c1-24(2)25(3,4)31-26(30-24)23-28-21(18-11-6-5-7-12-18)27-22(29-23)20-15-14-17-10-8-9-13-19(17)16-20;2*26-21-13-7-12-20-24(21)16-8-1-2-9-17(16)25(20)18-10-3-5-14-22(18)27-23-15-6-4-11-19(23)25;14-13-9-5-1-3-7-11(9)15-12-8-4-2-6-10(12)13;13-11-7-3-1-5-9(11)10-6-2-4-8-12(10)14/h5-16H,1-4H3;2*1-15H;1-8H;1-8H. The van der Waals surface area contributed by atoms with Gasteiger partial charge in [0, 0.05) is 79.9 Å². The summed E-state index contributed by atoms with van der Waals surface area (Å²) >= 11 is 20.2. The molecule has 2 aliphatic carbocycles. The summed E-state index contributed by atoms with van der Waals surface area (Å²) in [7, 11) is -0.658. The monoisotopic (exact) mass is 1780 g/mol. The fourth-order valence-electron chi connectivity index (χ4n) is 16.4. The third kappa shape index (κ3) is 13.4. The average Bonchev–Trinajstić information content (AvgIpc) is 1.50. The minimum Gasteiger partial charge on any atom is -0.397 e. The summed E-state index contributed by atoms with van der Waals surface area (Å²) < 4.78 is 19.1. The van der Waals surface area contributed by atoms with Gasteiger partial charge in [-0.05, 0) is 184 Å². The van der Waals surface area contributed by atoms with Crippen molar-refractivity contribution in [3.05, 3.63) is 424 Å². The summed E-state index contributed by atoms with van der Waals surface area (Å²) in [6.45, 7) is 8.10. The molecule has 0 bridgehead atoms. The number of fused-ring (bicyclic) bond motifs is 21. The topological polar surface area (TPSA) is 74.2 Å². The highest BCUT2D eigenvalue weighted by Gasteiger charge is 2.55. The second kappa shape index (κ2) is 31.3. The molecule has 22 rings (SSSR count). The second-order valence-electron chi connectivity index (χ2n) is 29.3. The van der Waals surface area contributed by atoms with Crippen molar-refractivity contribution in [3.63, 3.8) is 0 Å². The van der Waals surface area contributed by atoms with E-state index in [1.54, 1.807) is 11.3 Å². The molecule has 0 atom stereocenters. The highest BCUT2D eigenvalue weighted by Crippen LogP contribution is 2.65. The lowest BCUT2D eigenvalue weighted by molar-refractivity contribution is 0.00578. The smallest absolute Gasteiger partial charge is 0.397 e. The van der Waals surface area contributed by atoms with E-state index in [4.69, 9.17) is 24.3 Å². The molecule has 1 fully saturated rings. The Bertz CT molecular complexity index is 6270. The van der Waals surface area contributed by atoms with Gasteiger partial charge in [0.25, 0.3) is 0 Å². The number of hydrogen-bond donors (Lipinski definition) is 0. The van der Waals surface area contributed by atoms with Crippen molar-refractivity contribution in [3.8, 4) is 56.2 Å². The van der Waals surface area contributed by atoms with E-state index >= 15 is 0 Å². The van der Waals surface area contributed by atoms with Crippen molar-refractivity contribution in [2.24, 2.45) is 0 Å². The molecule has 15 aromatic carbocycles. The van der Waals surface area contributed by atoms with Crippen molar-refractivity contribution >= 4 is 142 Å². The van der Waals surface area contributed by atoms with E-state index < -0.39 is 18.3 Å². The molecule has 2 spiro atoms. The molecule has 0 N–H and O–H groups in total. The molecule has 552 valence electrons. The van der Waals surface area contributed by atoms with Crippen LogP contribution in [0.3, 0.4) is 0 Å². The van der Waals surface area contributed by atoms with Gasteiger partial charge < -0.3 is 9.31 Å². The van der Waals surface area contributed by atoms with Crippen molar-refractivity contribution < 1.29 is 9.31 Å². The molecular formula is C100H70BBr4N3O3S3. The largest absolute Gasteiger partial charge is 0.534 e. The molecule has 1 saturated heterocycles. The third-order valence-corrected chi connectivity index (χ3v) is 28.5. The molecule has 5 aliphatic rings. The Morgan fingerprint density at radius 2 is 0.658 bits per heavy atom. The minimum atomic E-state index is -0.658. The molecule has 17 aromatic rings. The van der Waals surface area contributed by atoms with E-state index in [1.165, 1.54) is 103 Å². The predicted molar refractivity (Wildman–Crippen MR) is 488 cm³/mol. The van der Waals surface area contributed by atoms with Crippen molar-refractivity contribution in [2.75, 3.05) is 0 Å². The zero-order valence-corrected chi connectivity index (χ0v) is 71.2. The Hall–Kier alpha value is -9.94. The fourth-order valence-corrected chi connectivity index (χ4v) is 22.1. The number of benzene rings is 15. The van der Waals surface area contributed by atoms with E-state index in [2.05, 4.69) is 294 Å². The van der Waals surface area contributed by atoms with Crippen LogP contribution >= 0.6 is 98.6 Å². The Morgan fingerprint density at radius 3 is 1.11 bits per heavy atom. The Balaban J connectivity index is 0.000000102. The lowest BCUT2D eigenvalue weighted by atomic mass is 9.67. The summed E-state index contributed by atoms with van der Waals surface area (Å²) in [5.74, 6) is 1.20. The first kappa shape index (κ1) is 75.4. The molecule has 14 heteroatoms. The number of halogens is 4. The first-order valence-corrected chi connectivity index (χ1v) is 43.3. The lowest BCUT2D eigenvalue weighted by Crippen LogP contribution is -2.41. The molecule has 0 unspecified atom stereocenters. The first-order chi connectivity index (χ1) is 55.6. The number of aromatic nitrogens is 3. The van der Waals surface area contributed by atoms with Crippen molar-refractivity contribution in [1.82, 2.24) is 15.0 Å². The van der Waals surface area contributed by atoms with Crippen LogP contribution in [-0.2, 0) is 20.1 Å². The normalized spacial score (nSPS) is 14.5. The molecule has 0 saturated carbocycles. The van der Waals surface area contributed by atoms with Gasteiger partial charge in [-0.3, -0.25) is 4.79 Å². The molecule has 114 heavy (non-hydrogen) atoms. The van der Waals surface area contributed by atoms with Crippen molar-refractivity contribution in [2.45, 2.75) is 69.3 Å². The van der Waals surface area contributed by atoms with Gasteiger partial charge in [-0.15, -0.1) is 11.3 Å². The molecular weight excluding hydrogens is 1720 g/mol. The quantitative estimate of drug-likeness (QED) is 0.127. The van der Waals surface area contributed by atoms with Gasteiger partial charge >= 0.3 is 7.12 Å². The van der Waals surface area contributed by atoms with E-state index in [0.29, 0.717) is 17.4 Å². The van der Waals surface area contributed by atoms with E-state index in [1.807, 2.05) is 173 Å². The van der Waals surface area contributed by atoms with Crippen LogP contribution < -0.4 is 11.2 Å². The maximum atomic E-state index is 12.1. The lowest BCUT2D eigenvalue weighted by Gasteiger charge is -2.39. The maximum absolute atomic E-state index is 12.1. The molecule has 5 heterocycles. The summed E-state index contributed by atoms with van der Waals surface area (Å²) in [5, 5.41) is 3.95. The van der Waals surface area contributed by atoms with Crippen LogP contribution in [0.4, 0.5) is 0 Å². The number of hydrogen-bond acceptors (Lipinski definition) is 9. The second-order valence-corrected chi connectivity index (χ2v) is 36.0. The van der Waals surface area contributed by atoms with E-state index in [0.717, 1.165) is 54.6 Å². The zero-order valence-electron chi connectivity index (χ0n) is 62.4. The van der Waals surface area contributed by atoms with Crippen LogP contribution in [0.1, 0.15) is 72.2 Å². The highest BCUT2D eigenvalue weighted by molar-refractivity contribution is 9.11. The SMILES string of the molecule is Brc1cccc2c1-c1ccccc1C21c2ccccc2Sc2ccccc21.Brc1cccc2c1-c1ccccc1C21c2ccccc2Sc2ccccc21.Brc1ccccc1-c1ccccc1Br.CC1(C)OB(c2nc(-c3ccccc3)nc(-c3ccc4ccccc4c3)n2)OC1(C)C.O=c1c2ccccc2sc2ccccc12. The molecule has 3 aliphatic heterocycles. The summed E-state index contributed by atoms with van der Waals surface area (Å²) in [4.78, 5) is 31.8. The number of rotatable bonds is 4. The van der Waals surface area contributed by atoms with Crippen LogP contribution in [0.15, 0.2) is 394 Å². The molecule has 0 radical (unpaired) electrons. The van der Waals surface area contributed by atoms with Crippen LogP contribution in [0, 0.1) is 0 Å². The molecule has 2 aromatic heterocycles. The van der Waals surface area contributed by atoms with Crippen LogP contribution in [0.2, 0.25) is 0 Å². The molecule has 6 nitrogen and oxygen atoms in total. The number of nitrogens with zero attached hydrogens (tertiary/aromatic N) is 3. The minimum absolute atomic E-state index is 0.139. The Kier molecular flexibility index (Phi) is 20.7.